The van der Waals surface area contributed by atoms with Crippen molar-refractivity contribution in [3.8, 4) is 56.4 Å². The average molecular weight is 618 g/mol. The third-order valence-electron chi connectivity index (χ3n) is 9.27. The van der Waals surface area contributed by atoms with Crippen molar-refractivity contribution >= 4 is 27.8 Å². The minimum Gasteiger partial charge on any atom is -0.460 e. The van der Waals surface area contributed by atoms with Crippen LogP contribution in [0.5, 0.6) is 0 Å². The fourth-order valence-corrected chi connectivity index (χ4v) is 6.92. The Morgan fingerprint density at radius 2 is 1.06 bits per heavy atom. The second-order valence-electron chi connectivity index (χ2n) is 12.5. The molecule has 1 aliphatic carbocycles. The highest BCUT2D eigenvalue weighted by Crippen LogP contribution is 2.44. The molecule has 0 aliphatic heterocycles. The van der Waals surface area contributed by atoms with Gasteiger partial charge in [-0.05, 0) is 57.1 Å². The first-order valence-electron chi connectivity index (χ1n) is 16.4. The van der Waals surface area contributed by atoms with E-state index in [4.69, 9.17) is 19.4 Å². The molecule has 0 bridgehead atoms. The number of furan rings is 1. The zero-order valence-electron chi connectivity index (χ0n) is 26.5. The maximum absolute atomic E-state index is 6.62. The average Bonchev–Trinajstić information content (AvgIpc) is 3.52. The summed E-state index contributed by atoms with van der Waals surface area (Å²) in [7, 11) is 0. The molecule has 48 heavy (non-hydrogen) atoms. The molecular weight excluding hydrogens is 587 g/mol. The second kappa shape index (κ2) is 11.6. The summed E-state index contributed by atoms with van der Waals surface area (Å²) in [6, 6.07) is 48.3. The number of allylic oxidation sites excluding steroid dienone is 1. The maximum atomic E-state index is 6.62. The van der Waals surface area contributed by atoms with Crippen LogP contribution in [-0.4, -0.2) is 15.0 Å². The summed E-state index contributed by atoms with van der Waals surface area (Å²) in [6.07, 6.45) is 5.44. The maximum Gasteiger partial charge on any atom is 0.164 e. The lowest BCUT2D eigenvalue weighted by Crippen LogP contribution is -2.01. The van der Waals surface area contributed by atoms with Crippen LogP contribution in [0.2, 0.25) is 0 Å². The Morgan fingerprint density at radius 3 is 1.71 bits per heavy atom. The molecule has 1 aliphatic rings. The minimum atomic E-state index is 0.442. The van der Waals surface area contributed by atoms with Crippen LogP contribution in [0.25, 0.3) is 84.2 Å². The quantitative estimate of drug-likeness (QED) is 0.193. The lowest BCUT2D eigenvalue weighted by atomic mass is 9.88. The highest BCUT2D eigenvalue weighted by atomic mass is 16.3. The molecule has 1 unspecified atom stereocenters. The third kappa shape index (κ3) is 4.90. The first-order chi connectivity index (χ1) is 23.7. The van der Waals surface area contributed by atoms with Crippen molar-refractivity contribution in [1.29, 1.82) is 0 Å². The van der Waals surface area contributed by atoms with Crippen LogP contribution in [0, 0.1) is 5.92 Å². The van der Waals surface area contributed by atoms with Gasteiger partial charge in [-0.1, -0.05) is 140 Å². The zero-order chi connectivity index (χ0) is 32.0. The molecule has 8 aromatic rings. The fraction of sp³-hybridized carbons (Fsp3) is 0.0682. The molecule has 0 spiro atoms. The number of hydrogen-bond acceptors (Lipinski definition) is 4. The van der Waals surface area contributed by atoms with Gasteiger partial charge in [0.1, 0.15) is 11.3 Å². The largest absolute Gasteiger partial charge is 0.460 e. The van der Waals surface area contributed by atoms with Gasteiger partial charge in [0.05, 0.1) is 0 Å². The van der Waals surface area contributed by atoms with Crippen LogP contribution in [0.15, 0.2) is 150 Å². The van der Waals surface area contributed by atoms with Crippen LogP contribution >= 0.6 is 0 Å². The van der Waals surface area contributed by atoms with Gasteiger partial charge in [-0.3, -0.25) is 0 Å². The molecule has 0 radical (unpaired) electrons. The summed E-state index contributed by atoms with van der Waals surface area (Å²) in [5.74, 6) is 3.44. The van der Waals surface area contributed by atoms with E-state index in [0.717, 1.165) is 72.9 Å². The number of nitrogens with zero attached hydrogens (tertiary/aromatic N) is 3. The van der Waals surface area contributed by atoms with E-state index >= 15 is 0 Å². The normalized spacial score (nSPS) is 14.0. The highest BCUT2D eigenvalue weighted by molar-refractivity contribution is 6.11. The van der Waals surface area contributed by atoms with Crippen molar-refractivity contribution in [1.82, 2.24) is 15.0 Å². The van der Waals surface area contributed by atoms with E-state index in [1.54, 1.807) is 0 Å². The molecule has 228 valence electrons. The van der Waals surface area contributed by atoms with E-state index < -0.39 is 0 Å². The van der Waals surface area contributed by atoms with Gasteiger partial charge in [0.25, 0.3) is 0 Å². The van der Waals surface area contributed by atoms with Crippen LogP contribution in [0.1, 0.15) is 18.2 Å². The monoisotopic (exact) mass is 617 g/mol. The molecule has 0 fully saturated rings. The van der Waals surface area contributed by atoms with Gasteiger partial charge in [0.2, 0.25) is 0 Å². The first kappa shape index (κ1) is 28.1. The van der Waals surface area contributed by atoms with E-state index in [1.165, 1.54) is 5.56 Å². The van der Waals surface area contributed by atoms with E-state index in [0.29, 0.717) is 23.4 Å². The molecule has 0 saturated heterocycles. The van der Waals surface area contributed by atoms with Gasteiger partial charge < -0.3 is 4.42 Å². The minimum absolute atomic E-state index is 0.442. The Morgan fingerprint density at radius 1 is 0.521 bits per heavy atom. The molecule has 9 rings (SSSR count). The van der Waals surface area contributed by atoms with Crippen molar-refractivity contribution in [2.75, 3.05) is 0 Å². The van der Waals surface area contributed by atoms with Gasteiger partial charge in [-0.25, -0.2) is 15.0 Å². The molecule has 2 aromatic heterocycles. The molecule has 0 amide bonds. The Bertz CT molecular complexity index is 2420. The van der Waals surface area contributed by atoms with Crippen LogP contribution < -0.4 is 0 Å². The number of rotatable bonds is 5. The highest BCUT2D eigenvalue weighted by Gasteiger charge is 2.23. The molecule has 1 atom stereocenters. The lowest BCUT2D eigenvalue weighted by molar-refractivity contribution is 0.513. The molecule has 4 heteroatoms. The van der Waals surface area contributed by atoms with Crippen molar-refractivity contribution < 1.29 is 4.42 Å². The van der Waals surface area contributed by atoms with Crippen molar-refractivity contribution in [2.24, 2.45) is 5.92 Å². The van der Waals surface area contributed by atoms with Gasteiger partial charge in [0, 0.05) is 34.1 Å². The number of aromatic nitrogens is 3. The number of fused-ring (bicyclic) bond motifs is 4. The summed E-state index contributed by atoms with van der Waals surface area (Å²) in [5.41, 5.74) is 9.56. The summed E-state index contributed by atoms with van der Waals surface area (Å²) < 4.78 is 6.62. The molecule has 0 saturated carbocycles. The Balaban J connectivity index is 1.29. The summed E-state index contributed by atoms with van der Waals surface area (Å²) in [6.45, 7) is 2.24. The predicted octanol–water partition coefficient (Wildman–Crippen LogP) is 11.3. The van der Waals surface area contributed by atoms with Crippen molar-refractivity contribution in [3.05, 3.63) is 157 Å². The Hall–Kier alpha value is -6.13. The number of benzene rings is 6. The molecule has 4 nitrogen and oxygen atoms in total. The van der Waals surface area contributed by atoms with Crippen LogP contribution in [-0.2, 0) is 6.42 Å². The molecular formula is C44H31N3O. The second-order valence-corrected chi connectivity index (χ2v) is 12.5. The van der Waals surface area contributed by atoms with Gasteiger partial charge >= 0.3 is 0 Å². The Kier molecular flexibility index (Phi) is 6.79. The van der Waals surface area contributed by atoms with E-state index in [2.05, 4.69) is 97.9 Å². The lowest BCUT2D eigenvalue weighted by Gasteiger charge is -2.15. The van der Waals surface area contributed by atoms with Gasteiger partial charge in [-0.2, -0.15) is 0 Å². The molecule has 0 N–H and O–H groups in total. The fourth-order valence-electron chi connectivity index (χ4n) is 6.92. The summed E-state index contributed by atoms with van der Waals surface area (Å²) in [5, 5.41) is 3.37. The zero-order valence-corrected chi connectivity index (χ0v) is 26.5. The van der Waals surface area contributed by atoms with Crippen LogP contribution in [0.3, 0.4) is 0 Å². The van der Waals surface area contributed by atoms with Gasteiger partial charge in [0.15, 0.2) is 17.5 Å². The van der Waals surface area contributed by atoms with Gasteiger partial charge in [-0.15, -0.1) is 0 Å². The molecule has 2 heterocycles. The topological polar surface area (TPSA) is 51.8 Å². The van der Waals surface area contributed by atoms with Crippen molar-refractivity contribution in [2.45, 2.75) is 13.3 Å². The third-order valence-corrected chi connectivity index (χ3v) is 9.27. The smallest absolute Gasteiger partial charge is 0.164 e. The SMILES string of the molecule is CC1C=Cc2c(oc3cc(-c4ccccc4)cc(-c4ccc(-c5nc(-c6ccccc6)nc(-c6ccccc6)n5)c5ccccc45)c23)C1. The summed E-state index contributed by atoms with van der Waals surface area (Å²) in [4.78, 5) is 15.1. The first-order valence-corrected chi connectivity index (χ1v) is 16.4. The summed E-state index contributed by atoms with van der Waals surface area (Å²) >= 11 is 0. The molecule has 6 aromatic carbocycles. The van der Waals surface area contributed by atoms with E-state index in [-0.39, 0.29) is 0 Å². The standard InChI is InChI=1S/C44H31N3O/c1-28-21-22-37-39(25-28)48-40-27-32(29-13-5-2-6-14-29)26-38(41(37)40)35-23-24-36(34-20-12-11-19-33(34)35)44-46-42(30-15-7-3-8-16-30)45-43(47-44)31-17-9-4-10-18-31/h2-24,26-28H,25H2,1H3. The predicted molar refractivity (Wildman–Crippen MR) is 196 cm³/mol. The Labute approximate surface area is 279 Å². The van der Waals surface area contributed by atoms with E-state index in [9.17, 15) is 0 Å². The van der Waals surface area contributed by atoms with Crippen molar-refractivity contribution in [3.63, 3.8) is 0 Å². The van der Waals surface area contributed by atoms with E-state index in [1.807, 2.05) is 60.7 Å². The number of hydrogen-bond donors (Lipinski definition) is 0. The van der Waals surface area contributed by atoms with Crippen LogP contribution in [0.4, 0.5) is 0 Å².